The molecule has 0 aromatic carbocycles. The lowest BCUT2D eigenvalue weighted by molar-refractivity contribution is -0.124. The molecule has 19 heavy (non-hydrogen) atoms. The molecule has 0 radical (unpaired) electrons. The molecule has 0 spiro atoms. The number of carbonyl (C=O) groups is 1. The number of amides is 1. The number of aliphatic hydroxyl groups is 1. The van der Waals surface area contributed by atoms with Crippen molar-refractivity contribution < 1.29 is 14.6 Å². The number of ether oxygens (including phenoxy) is 1. The van der Waals surface area contributed by atoms with E-state index >= 15 is 0 Å². The molecule has 0 aromatic heterocycles. The topological polar surface area (TPSA) is 58.6 Å². The minimum atomic E-state index is -0.345. The van der Waals surface area contributed by atoms with Crippen LogP contribution in [0.4, 0.5) is 0 Å². The van der Waals surface area contributed by atoms with Gasteiger partial charge in [-0.3, -0.25) is 4.79 Å². The first-order chi connectivity index (χ1) is 9.19. The van der Waals surface area contributed by atoms with Crippen molar-refractivity contribution in [1.29, 1.82) is 0 Å². The SMILES string of the molecule is COC1CCC(CC(=O)NC2CCCCC2O)CC1. The van der Waals surface area contributed by atoms with Crippen LogP contribution in [0.25, 0.3) is 0 Å². The van der Waals surface area contributed by atoms with Crippen molar-refractivity contribution >= 4 is 5.91 Å². The molecule has 110 valence electrons. The van der Waals surface area contributed by atoms with Crippen LogP contribution in [-0.2, 0) is 9.53 Å². The lowest BCUT2D eigenvalue weighted by Gasteiger charge is -2.30. The van der Waals surface area contributed by atoms with Crippen molar-refractivity contribution in [2.75, 3.05) is 7.11 Å². The predicted octanol–water partition coefficient (Wildman–Crippen LogP) is 2.00. The van der Waals surface area contributed by atoms with Gasteiger partial charge in [0.15, 0.2) is 0 Å². The first-order valence-corrected chi connectivity index (χ1v) is 7.69. The second-order valence-electron chi connectivity index (χ2n) is 6.11. The van der Waals surface area contributed by atoms with Gasteiger partial charge in [-0.2, -0.15) is 0 Å². The Balaban J connectivity index is 1.69. The van der Waals surface area contributed by atoms with Crippen LogP contribution in [0.15, 0.2) is 0 Å². The lowest BCUT2D eigenvalue weighted by Crippen LogP contribution is -2.45. The Morgan fingerprint density at radius 2 is 1.84 bits per heavy atom. The van der Waals surface area contributed by atoms with E-state index in [9.17, 15) is 9.90 Å². The van der Waals surface area contributed by atoms with E-state index in [0.717, 1.165) is 51.4 Å². The highest BCUT2D eigenvalue weighted by molar-refractivity contribution is 5.76. The van der Waals surface area contributed by atoms with Crippen molar-refractivity contribution in [3.63, 3.8) is 0 Å². The van der Waals surface area contributed by atoms with Crippen LogP contribution in [0.2, 0.25) is 0 Å². The normalized spacial score (nSPS) is 35.9. The fourth-order valence-electron chi connectivity index (χ4n) is 3.38. The van der Waals surface area contributed by atoms with Crippen LogP contribution < -0.4 is 5.32 Å². The summed E-state index contributed by atoms with van der Waals surface area (Å²) in [5, 5.41) is 12.9. The van der Waals surface area contributed by atoms with Crippen molar-refractivity contribution in [2.45, 2.75) is 76.0 Å². The minimum Gasteiger partial charge on any atom is -0.391 e. The molecule has 0 heterocycles. The summed E-state index contributed by atoms with van der Waals surface area (Å²) in [4.78, 5) is 12.0. The smallest absolute Gasteiger partial charge is 0.220 e. The van der Waals surface area contributed by atoms with Gasteiger partial charge in [0.05, 0.1) is 18.2 Å². The highest BCUT2D eigenvalue weighted by Gasteiger charge is 2.27. The largest absolute Gasteiger partial charge is 0.391 e. The molecule has 2 rings (SSSR count). The number of hydrogen-bond acceptors (Lipinski definition) is 3. The number of nitrogens with one attached hydrogen (secondary N) is 1. The summed E-state index contributed by atoms with van der Waals surface area (Å²) < 4.78 is 5.35. The molecule has 4 nitrogen and oxygen atoms in total. The van der Waals surface area contributed by atoms with Gasteiger partial charge < -0.3 is 15.2 Å². The average Bonchev–Trinajstić information content (AvgIpc) is 2.42. The first kappa shape index (κ1) is 14.8. The summed E-state index contributed by atoms with van der Waals surface area (Å²) in [7, 11) is 1.77. The Kier molecular flexibility index (Phi) is 5.64. The van der Waals surface area contributed by atoms with Gasteiger partial charge in [-0.1, -0.05) is 12.8 Å². The molecule has 2 aliphatic carbocycles. The average molecular weight is 269 g/mol. The molecule has 0 aliphatic heterocycles. The van der Waals surface area contributed by atoms with Gasteiger partial charge in [-0.15, -0.1) is 0 Å². The van der Waals surface area contributed by atoms with E-state index in [0.29, 0.717) is 18.4 Å². The molecule has 0 saturated heterocycles. The molecule has 2 atom stereocenters. The quantitative estimate of drug-likeness (QED) is 0.820. The number of carbonyl (C=O) groups excluding carboxylic acids is 1. The van der Waals surface area contributed by atoms with Gasteiger partial charge in [0.25, 0.3) is 0 Å². The fourth-order valence-corrected chi connectivity index (χ4v) is 3.38. The monoisotopic (exact) mass is 269 g/mol. The maximum Gasteiger partial charge on any atom is 0.220 e. The summed E-state index contributed by atoms with van der Waals surface area (Å²) in [6.45, 7) is 0. The zero-order valence-corrected chi connectivity index (χ0v) is 11.9. The summed E-state index contributed by atoms with van der Waals surface area (Å²) in [6, 6.07) is -0.0171. The highest BCUT2D eigenvalue weighted by Crippen LogP contribution is 2.28. The van der Waals surface area contributed by atoms with Crippen molar-refractivity contribution in [1.82, 2.24) is 5.32 Å². The zero-order chi connectivity index (χ0) is 13.7. The molecule has 1 amide bonds. The number of rotatable bonds is 4. The second kappa shape index (κ2) is 7.25. The van der Waals surface area contributed by atoms with E-state index in [-0.39, 0.29) is 18.1 Å². The van der Waals surface area contributed by atoms with Crippen LogP contribution in [0.1, 0.15) is 57.8 Å². The Labute approximate surface area is 115 Å². The third-order valence-electron chi connectivity index (χ3n) is 4.68. The molecule has 0 aromatic rings. The Hall–Kier alpha value is -0.610. The first-order valence-electron chi connectivity index (χ1n) is 7.69. The van der Waals surface area contributed by atoms with Gasteiger partial charge in [0, 0.05) is 13.5 Å². The third kappa shape index (κ3) is 4.46. The number of methoxy groups -OCH3 is 1. The van der Waals surface area contributed by atoms with E-state index in [2.05, 4.69) is 5.32 Å². The molecule has 2 N–H and O–H groups in total. The standard InChI is InChI=1S/C15H27NO3/c1-19-12-8-6-11(7-9-12)10-15(18)16-13-4-2-3-5-14(13)17/h11-14,17H,2-10H2,1H3,(H,16,18). The molecular formula is C15H27NO3. The molecule has 0 bridgehead atoms. The van der Waals surface area contributed by atoms with E-state index in [4.69, 9.17) is 4.74 Å². The molecule has 2 fully saturated rings. The lowest BCUT2D eigenvalue weighted by atomic mass is 9.85. The van der Waals surface area contributed by atoms with Crippen LogP contribution in [0.5, 0.6) is 0 Å². The van der Waals surface area contributed by atoms with Crippen molar-refractivity contribution in [3.8, 4) is 0 Å². The summed E-state index contributed by atoms with van der Waals surface area (Å²) in [5.74, 6) is 0.610. The number of aliphatic hydroxyl groups excluding tert-OH is 1. The molecule has 2 aliphatic rings. The minimum absolute atomic E-state index is 0.0171. The van der Waals surface area contributed by atoms with E-state index in [1.165, 1.54) is 0 Å². The zero-order valence-electron chi connectivity index (χ0n) is 11.9. The predicted molar refractivity (Wildman–Crippen MR) is 73.8 cm³/mol. The van der Waals surface area contributed by atoms with Crippen LogP contribution in [-0.4, -0.2) is 36.4 Å². The maximum absolute atomic E-state index is 12.0. The number of hydrogen-bond donors (Lipinski definition) is 2. The van der Waals surface area contributed by atoms with Gasteiger partial charge in [-0.05, 0) is 44.4 Å². The summed E-state index contributed by atoms with van der Waals surface area (Å²) >= 11 is 0. The van der Waals surface area contributed by atoms with E-state index < -0.39 is 0 Å². The maximum atomic E-state index is 12.0. The third-order valence-corrected chi connectivity index (χ3v) is 4.68. The van der Waals surface area contributed by atoms with Gasteiger partial charge in [0.2, 0.25) is 5.91 Å². The highest BCUT2D eigenvalue weighted by atomic mass is 16.5. The van der Waals surface area contributed by atoms with Crippen molar-refractivity contribution in [2.24, 2.45) is 5.92 Å². The molecular weight excluding hydrogens is 242 g/mol. The fraction of sp³-hybridized carbons (Fsp3) is 0.933. The Morgan fingerprint density at radius 1 is 1.16 bits per heavy atom. The van der Waals surface area contributed by atoms with Crippen LogP contribution in [0, 0.1) is 5.92 Å². The molecule has 2 unspecified atom stereocenters. The van der Waals surface area contributed by atoms with Gasteiger partial charge >= 0.3 is 0 Å². The van der Waals surface area contributed by atoms with Gasteiger partial charge in [-0.25, -0.2) is 0 Å². The van der Waals surface area contributed by atoms with Crippen LogP contribution >= 0.6 is 0 Å². The summed E-state index contributed by atoms with van der Waals surface area (Å²) in [6.07, 6.45) is 8.89. The Bertz CT molecular complexity index is 287. The molecule has 2 saturated carbocycles. The molecule has 4 heteroatoms. The van der Waals surface area contributed by atoms with Gasteiger partial charge in [0.1, 0.15) is 0 Å². The second-order valence-corrected chi connectivity index (χ2v) is 6.11. The summed E-state index contributed by atoms with van der Waals surface area (Å²) in [5.41, 5.74) is 0. The van der Waals surface area contributed by atoms with Crippen molar-refractivity contribution in [3.05, 3.63) is 0 Å². The van der Waals surface area contributed by atoms with Crippen LogP contribution in [0.3, 0.4) is 0 Å². The van der Waals surface area contributed by atoms with E-state index in [1.807, 2.05) is 0 Å². The van der Waals surface area contributed by atoms with E-state index in [1.54, 1.807) is 7.11 Å². The Morgan fingerprint density at radius 3 is 2.47 bits per heavy atom.